The van der Waals surface area contributed by atoms with Crippen LogP contribution in [0.1, 0.15) is 20.3 Å². The molecule has 0 N–H and O–H groups in total. The van der Waals surface area contributed by atoms with Gasteiger partial charge in [-0.1, -0.05) is 0 Å². The van der Waals surface area contributed by atoms with Crippen molar-refractivity contribution < 1.29 is 23.4 Å². The summed E-state index contributed by atoms with van der Waals surface area (Å²) in [6.45, 7) is 3.81. The topological polar surface area (TPSA) is 44.8 Å². The third kappa shape index (κ3) is 2.92. The number of hydrogen-bond acceptors (Lipinski definition) is 4. The molecular weight excluding hydrogens is 191 g/mol. The third-order valence-corrected chi connectivity index (χ3v) is 1.99. The second-order valence-electron chi connectivity index (χ2n) is 3.68. The van der Waals surface area contributed by atoms with Gasteiger partial charge in [0, 0.05) is 6.42 Å². The zero-order valence-electron chi connectivity index (χ0n) is 8.58. The summed E-state index contributed by atoms with van der Waals surface area (Å²) in [6.07, 6.45) is -2.03. The second kappa shape index (κ2) is 4.23. The molecule has 4 nitrogen and oxygen atoms in total. The third-order valence-electron chi connectivity index (χ3n) is 1.99. The van der Waals surface area contributed by atoms with Gasteiger partial charge in [0.1, 0.15) is 0 Å². The van der Waals surface area contributed by atoms with Crippen molar-refractivity contribution in [1.82, 2.24) is 0 Å². The number of alkyl halides is 1. The minimum atomic E-state index is -1.64. The van der Waals surface area contributed by atoms with E-state index < -0.39 is 17.9 Å². The first-order valence-electron chi connectivity index (χ1n) is 4.48. The van der Waals surface area contributed by atoms with Crippen LogP contribution < -0.4 is 0 Å². The molecule has 0 spiro atoms. The lowest BCUT2D eigenvalue weighted by Gasteiger charge is -2.17. The van der Waals surface area contributed by atoms with Gasteiger partial charge in [0.2, 0.25) is 0 Å². The Morgan fingerprint density at radius 1 is 1.71 bits per heavy atom. The predicted molar refractivity (Wildman–Crippen MR) is 46.4 cm³/mol. The lowest BCUT2D eigenvalue weighted by molar-refractivity contribution is -0.153. The van der Waals surface area contributed by atoms with Gasteiger partial charge >= 0.3 is 5.97 Å². The highest BCUT2D eigenvalue weighted by Gasteiger charge is 2.35. The van der Waals surface area contributed by atoms with E-state index in [2.05, 4.69) is 4.74 Å². The molecule has 0 aliphatic carbocycles. The number of carbonyl (C=O) groups excluding carboxylic acids is 1. The smallest absolute Gasteiger partial charge is 0.340 e. The second-order valence-corrected chi connectivity index (χ2v) is 3.68. The van der Waals surface area contributed by atoms with Crippen LogP contribution >= 0.6 is 0 Å². The Bertz CT molecular complexity index is 217. The van der Waals surface area contributed by atoms with Crippen LogP contribution in [0.2, 0.25) is 0 Å². The molecule has 1 heterocycles. The van der Waals surface area contributed by atoms with E-state index in [9.17, 15) is 9.18 Å². The van der Waals surface area contributed by atoms with Crippen LogP contribution in [0.25, 0.3) is 0 Å². The van der Waals surface area contributed by atoms with Crippen molar-refractivity contribution in [2.45, 2.75) is 38.3 Å². The van der Waals surface area contributed by atoms with Crippen molar-refractivity contribution in [3.63, 3.8) is 0 Å². The Labute approximate surface area is 82.3 Å². The van der Waals surface area contributed by atoms with E-state index in [1.165, 1.54) is 0 Å². The standard InChI is InChI=1S/C9H15FO4/c1-9(2)13-5-6(14-9)4-7(10)8(11)12-3/h6-7H,4-5H2,1-3H3/t6-,7-/m0/s1. The molecule has 0 unspecified atom stereocenters. The van der Waals surface area contributed by atoms with E-state index in [-0.39, 0.29) is 12.5 Å². The summed E-state index contributed by atoms with van der Waals surface area (Å²) in [4.78, 5) is 10.8. The highest BCUT2D eigenvalue weighted by atomic mass is 19.1. The fourth-order valence-electron chi connectivity index (χ4n) is 1.33. The number of ether oxygens (including phenoxy) is 3. The van der Waals surface area contributed by atoms with E-state index in [0.29, 0.717) is 6.61 Å². The average Bonchev–Trinajstić information content (AvgIpc) is 2.44. The molecular formula is C9H15FO4. The lowest BCUT2D eigenvalue weighted by atomic mass is 10.2. The minimum absolute atomic E-state index is 0.0178. The molecule has 0 bridgehead atoms. The summed E-state index contributed by atoms with van der Waals surface area (Å²) in [7, 11) is 1.16. The predicted octanol–water partition coefficient (Wildman–Crippen LogP) is 1.04. The number of halogens is 1. The number of hydrogen-bond donors (Lipinski definition) is 0. The van der Waals surface area contributed by atoms with E-state index >= 15 is 0 Å². The van der Waals surface area contributed by atoms with Crippen LogP contribution in [0.4, 0.5) is 4.39 Å². The number of carbonyl (C=O) groups is 1. The molecule has 82 valence electrons. The summed E-state index contributed by atoms with van der Waals surface area (Å²) in [5.74, 6) is -1.54. The Morgan fingerprint density at radius 3 is 2.79 bits per heavy atom. The molecule has 0 aromatic rings. The van der Waals surface area contributed by atoms with E-state index in [1.54, 1.807) is 13.8 Å². The highest BCUT2D eigenvalue weighted by Crippen LogP contribution is 2.25. The fourth-order valence-corrected chi connectivity index (χ4v) is 1.33. The van der Waals surface area contributed by atoms with Gasteiger partial charge in [-0.2, -0.15) is 0 Å². The monoisotopic (exact) mass is 206 g/mol. The van der Waals surface area contributed by atoms with Crippen molar-refractivity contribution in [3.8, 4) is 0 Å². The first-order valence-corrected chi connectivity index (χ1v) is 4.48. The zero-order chi connectivity index (χ0) is 10.8. The van der Waals surface area contributed by atoms with Crippen molar-refractivity contribution >= 4 is 5.97 Å². The first-order chi connectivity index (χ1) is 6.44. The zero-order valence-corrected chi connectivity index (χ0v) is 8.58. The summed E-state index contributed by atoms with van der Waals surface area (Å²) in [6, 6.07) is 0. The normalized spacial score (nSPS) is 27.3. The first kappa shape index (κ1) is 11.4. The van der Waals surface area contributed by atoms with Gasteiger partial charge in [-0.25, -0.2) is 9.18 Å². The van der Waals surface area contributed by atoms with Gasteiger partial charge in [0.25, 0.3) is 0 Å². The molecule has 5 heteroatoms. The molecule has 14 heavy (non-hydrogen) atoms. The Kier molecular flexibility index (Phi) is 3.44. The molecule has 2 atom stereocenters. The summed E-state index contributed by atoms with van der Waals surface area (Å²) >= 11 is 0. The van der Waals surface area contributed by atoms with Crippen molar-refractivity contribution in [2.24, 2.45) is 0 Å². The van der Waals surface area contributed by atoms with Gasteiger partial charge in [-0.15, -0.1) is 0 Å². The van der Waals surface area contributed by atoms with Gasteiger partial charge < -0.3 is 14.2 Å². The van der Waals surface area contributed by atoms with Crippen LogP contribution in [0.15, 0.2) is 0 Å². The van der Waals surface area contributed by atoms with E-state index in [0.717, 1.165) is 7.11 Å². The largest absolute Gasteiger partial charge is 0.467 e. The van der Waals surface area contributed by atoms with Crippen molar-refractivity contribution in [3.05, 3.63) is 0 Å². The molecule has 0 saturated carbocycles. The molecule has 1 fully saturated rings. The molecule has 0 radical (unpaired) electrons. The SMILES string of the molecule is COC(=O)[C@@H](F)C[C@H]1COC(C)(C)O1. The van der Waals surface area contributed by atoms with Crippen LogP contribution in [0, 0.1) is 0 Å². The molecule has 1 rings (SSSR count). The van der Waals surface area contributed by atoms with Crippen molar-refractivity contribution in [1.29, 1.82) is 0 Å². The quantitative estimate of drug-likeness (QED) is 0.647. The summed E-state index contributed by atoms with van der Waals surface area (Å²) < 4.78 is 27.9. The van der Waals surface area contributed by atoms with Gasteiger partial charge in [0.15, 0.2) is 12.0 Å². The van der Waals surface area contributed by atoms with E-state index in [4.69, 9.17) is 9.47 Å². The lowest BCUT2D eigenvalue weighted by Crippen LogP contribution is -2.26. The molecule has 1 saturated heterocycles. The van der Waals surface area contributed by atoms with Gasteiger partial charge in [-0.05, 0) is 13.8 Å². The van der Waals surface area contributed by atoms with Crippen LogP contribution in [0.5, 0.6) is 0 Å². The Morgan fingerprint density at radius 2 is 2.36 bits per heavy atom. The van der Waals surface area contributed by atoms with Crippen molar-refractivity contribution in [2.75, 3.05) is 13.7 Å². The number of esters is 1. The average molecular weight is 206 g/mol. The molecule has 0 aromatic heterocycles. The maximum atomic E-state index is 13.1. The fraction of sp³-hybridized carbons (Fsp3) is 0.889. The molecule has 1 aliphatic heterocycles. The number of methoxy groups -OCH3 is 1. The summed E-state index contributed by atoms with van der Waals surface area (Å²) in [5, 5.41) is 0. The molecule has 0 amide bonds. The maximum Gasteiger partial charge on any atom is 0.340 e. The van der Waals surface area contributed by atoms with Crippen LogP contribution in [-0.2, 0) is 19.0 Å². The number of rotatable bonds is 3. The van der Waals surface area contributed by atoms with E-state index in [1.807, 2.05) is 0 Å². The molecule has 0 aromatic carbocycles. The van der Waals surface area contributed by atoms with Crippen LogP contribution in [-0.4, -0.2) is 37.7 Å². The minimum Gasteiger partial charge on any atom is -0.467 e. The van der Waals surface area contributed by atoms with Crippen LogP contribution in [0.3, 0.4) is 0 Å². The Hall–Kier alpha value is -0.680. The maximum absolute atomic E-state index is 13.1. The Balaban J connectivity index is 2.36. The molecule has 1 aliphatic rings. The summed E-state index contributed by atoms with van der Waals surface area (Å²) in [5.41, 5.74) is 0. The van der Waals surface area contributed by atoms with Gasteiger partial charge in [0.05, 0.1) is 19.8 Å². The van der Waals surface area contributed by atoms with Gasteiger partial charge in [-0.3, -0.25) is 0 Å². The highest BCUT2D eigenvalue weighted by molar-refractivity contribution is 5.74.